The first-order chi connectivity index (χ1) is 7.09. The van der Waals surface area contributed by atoms with E-state index in [2.05, 4.69) is 15.9 Å². The largest absolute Gasteiger partial charge is 0.336 e. The second kappa shape index (κ2) is 4.23. The maximum atomic E-state index is 11.6. The first-order valence-electron chi connectivity index (χ1n) is 4.86. The number of halogens is 1. The fraction of sp³-hybridized carbons (Fsp3) is 0.500. The molecule has 2 unspecified atom stereocenters. The average molecular weight is 289 g/mol. The van der Waals surface area contributed by atoms with Crippen molar-refractivity contribution in [3.05, 3.63) is 20.8 Å². The van der Waals surface area contributed by atoms with Crippen LogP contribution < -0.4 is 5.73 Å². The second-order valence-corrected chi connectivity index (χ2v) is 6.29. The highest BCUT2D eigenvalue weighted by molar-refractivity contribution is 9.11. The molecule has 2 atom stereocenters. The third kappa shape index (κ3) is 2.09. The van der Waals surface area contributed by atoms with E-state index in [0.29, 0.717) is 6.42 Å². The van der Waals surface area contributed by atoms with E-state index in [9.17, 15) is 4.79 Å². The summed E-state index contributed by atoms with van der Waals surface area (Å²) < 4.78 is 1.08. The van der Waals surface area contributed by atoms with Gasteiger partial charge in [-0.1, -0.05) is 0 Å². The van der Waals surface area contributed by atoms with E-state index >= 15 is 0 Å². The lowest BCUT2D eigenvalue weighted by molar-refractivity contribution is -0.135. The predicted octanol–water partition coefficient (Wildman–Crippen LogP) is 2.13. The summed E-state index contributed by atoms with van der Waals surface area (Å²) >= 11 is 5.07. The smallest absolute Gasteiger partial charge is 0.222 e. The van der Waals surface area contributed by atoms with Gasteiger partial charge >= 0.3 is 0 Å². The van der Waals surface area contributed by atoms with Crippen LogP contribution in [0.15, 0.2) is 15.9 Å². The van der Waals surface area contributed by atoms with E-state index in [4.69, 9.17) is 5.73 Å². The molecule has 0 aliphatic carbocycles. The summed E-state index contributed by atoms with van der Waals surface area (Å²) in [5, 5.41) is 0. The zero-order valence-electron chi connectivity index (χ0n) is 8.44. The Morgan fingerprint density at radius 3 is 2.93 bits per heavy atom. The molecule has 1 aromatic heterocycles. The third-order valence-electron chi connectivity index (χ3n) is 2.79. The van der Waals surface area contributed by atoms with Crippen LogP contribution in [0.4, 0.5) is 0 Å². The van der Waals surface area contributed by atoms with Crippen molar-refractivity contribution in [3.8, 4) is 0 Å². The number of hydrogen-bond donors (Lipinski definition) is 1. The third-order valence-corrected chi connectivity index (χ3v) is 4.49. The Kier molecular flexibility index (Phi) is 3.13. The Labute approximate surface area is 101 Å². The molecule has 1 fully saturated rings. The van der Waals surface area contributed by atoms with E-state index in [-0.39, 0.29) is 18.0 Å². The van der Waals surface area contributed by atoms with Gasteiger partial charge < -0.3 is 10.6 Å². The number of likely N-dealkylation sites (tertiary alicyclic amines) is 1. The molecule has 1 amide bonds. The van der Waals surface area contributed by atoms with Crippen LogP contribution in [0.1, 0.15) is 23.8 Å². The summed E-state index contributed by atoms with van der Waals surface area (Å²) in [5.74, 6) is 0.186. The van der Waals surface area contributed by atoms with Gasteiger partial charge in [-0.15, -0.1) is 11.3 Å². The van der Waals surface area contributed by atoms with Gasteiger partial charge in [0.1, 0.15) is 0 Å². The van der Waals surface area contributed by atoms with Gasteiger partial charge in [-0.05, 0) is 34.5 Å². The number of rotatable bonds is 1. The maximum Gasteiger partial charge on any atom is 0.222 e. The molecule has 1 saturated heterocycles. The lowest BCUT2D eigenvalue weighted by Gasteiger charge is -2.36. The van der Waals surface area contributed by atoms with Gasteiger partial charge in [-0.3, -0.25) is 4.79 Å². The summed E-state index contributed by atoms with van der Waals surface area (Å²) in [6.45, 7) is 0. The number of carbonyl (C=O) groups excluding carboxylic acids is 1. The average Bonchev–Trinajstić information content (AvgIpc) is 2.59. The van der Waals surface area contributed by atoms with Crippen LogP contribution in [0.5, 0.6) is 0 Å². The maximum absolute atomic E-state index is 11.6. The molecule has 1 aliphatic heterocycles. The fourth-order valence-electron chi connectivity index (χ4n) is 1.96. The van der Waals surface area contributed by atoms with Crippen molar-refractivity contribution in [1.82, 2.24) is 4.90 Å². The minimum absolute atomic E-state index is 0.0440. The molecule has 0 saturated carbocycles. The van der Waals surface area contributed by atoms with Crippen molar-refractivity contribution in [1.29, 1.82) is 0 Å². The Morgan fingerprint density at radius 1 is 1.60 bits per heavy atom. The van der Waals surface area contributed by atoms with E-state index in [0.717, 1.165) is 15.1 Å². The molecule has 0 spiro atoms. The van der Waals surface area contributed by atoms with Crippen LogP contribution >= 0.6 is 27.3 Å². The van der Waals surface area contributed by atoms with Gasteiger partial charge in [0.05, 0.1) is 9.83 Å². The summed E-state index contributed by atoms with van der Waals surface area (Å²) in [6.07, 6.45) is 1.35. The first kappa shape index (κ1) is 11.1. The quantitative estimate of drug-likeness (QED) is 0.861. The van der Waals surface area contributed by atoms with Crippen molar-refractivity contribution in [2.24, 2.45) is 5.73 Å². The molecule has 0 radical (unpaired) electrons. The number of carbonyl (C=O) groups is 1. The Bertz CT molecular complexity index is 379. The molecule has 2 heterocycles. The molecule has 1 aromatic rings. The van der Waals surface area contributed by atoms with Gasteiger partial charge in [-0.2, -0.15) is 0 Å². The second-order valence-electron chi connectivity index (χ2n) is 3.79. The van der Waals surface area contributed by atoms with Crippen molar-refractivity contribution in [2.45, 2.75) is 24.9 Å². The Hall–Kier alpha value is -0.390. The molecular formula is C10H13BrN2OS. The highest BCUT2D eigenvalue weighted by Crippen LogP contribution is 2.35. The zero-order valence-corrected chi connectivity index (χ0v) is 10.8. The molecule has 0 bridgehead atoms. The summed E-state index contributed by atoms with van der Waals surface area (Å²) in [4.78, 5) is 14.5. The number of amides is 1. The number of nitrogens with zero attached hydrogens (tertiary/aromatic N) is 1. The van der Waals surface area contributed by atoms with E-state index in [1.807, 2.05) is 19.2 Å². The van der Waals surface area contributed by atoms with Crippen LogP contribution in [0.3, 0.4) is 0 Å². The first-order valence-corrected chi connectivity index (χ1v) is 6.47. The molecule has 1 aliphatic rings. The molecule has 0 aromatic carbocycles. The molecular weight excluding hydrogens is 276 g/mol. The van der Waals surface area contributed by atoms with E-state index in [1.54, 1.807) is 16.2 Å². The van der Waals surface area contributed by atoms with Gasteiger partial charge in [0, 0.05) is 24.4 Å². The van der Waals surface area contributed by atoms with Crippen molar-refractivity contribution in [3.63, 3.8) is 0 Å². The number of nitrogens with two attached hydrogens (primary N) is 1. The lowest BCUT2D eigenvalue weighted by atomic mass is 9.96. The van der Waals surface area contributed by atoms with Crippen LogP contribution in [0, 0.1) is 0 Å². The molecule has 3 nitrogen and oxygen atoms in total. The highest BCUT2D eigenvalue weighted by Gasteiger charge is 2.33. The highest BCUT2D eigenvalue weighted by atomic mass is 79.9. The van der Waals surface area contributed by atoms with Crippen molar-refractivity contribution >= 4 is 33.2 Å². The van der Waals surface area contributed by atoms with Gasteiger partial charge in [0.25, 0.3) is 0 Å². The number of likely N-dealkylation sites (N-methyl/N-ethyl adjacent to an activating group) is 1. The normalized spacial score (nSPS) is 27.1. The predicted molar refractivity (Wildman–Crippen MR) is 64.7 cm³/mol. The lowest BCUT2D eigenvalue weighted by Crippen LogP contribution is -2.46. The number of piperidine rings is 1. The molecule has 2 rings (SSSR count). The minimum atomic E-state index is 0.0440. The van der Waals surface area contributed by atoms with Crippen LogP contribution in [-0.4, -0.2) is 23.9 Å². The molecule has 2 N–H and O–H groups in total. The van der Waals surface area contributed by atoms with Crippen LogP contribution in [0.2, 0.25) is 0 Å². The van der Waals surface area contributed by atoms with Crippen LogP contribution in [-0.2, 0) is 4.79 Å². The van der Waals surface area contributed by atoms with Gasteiger partial charge in [-0.25, -0.2) is 0 Å². The SMILES string of the molecule is CN1C(=O)CCC(N)C1c1ccc(Br)s1. The number of hydrogen-bond acceptors (Lipinski definition) is 3. The minimum Gasteiger partial charge on any atom is -0.336 e. The standard InChI is InChI=1S/C10H13BrN2OS/c1-13-9(14)5-2-6(12)10(13)7-3-4-8(11)15-7/h3-4,6,10H,2,5,12H2,1H3. The zero-order chi connectivity index (χ0) is 11.0. The Morgan fingerprint density at radius 2 is 2.33 bits per heavy atom. The molecule has 15 heavy (non-hydrogen) atoms. The summed E-state index contributed by atoms with van der Waals surface area (Å²) in [5.41, 5.74) is 6.07. The fourth-order valence-corrected chi connectivity index (χ4v) is 3.60. The topological polar surface area (TPSA) is 46.3 Å². The van der Waals surface area contributed by atoms with Gasteiger partial charge in [0.15, 0.2) is 0 Å². The summed E-state index contributed by atoms with van der Waals surface area (Å²) in [6, 6.07) is 4.13. The molecule has 5 heteroatoms. The van der Waals surface area contributed by atoms with E-state index < -0.39 is 0 Å². The van der Waals surface area contributed by atoms with E-state index in [1.165, 1.54) is 0 Å². The molecule has 82 valence electrons. The summed E-state index contributed by atoms with van der Waals surface area (Å²) in [7, 11) is 1.83. The van der Waals surface area contributed by atoms with Crippen LogP contribution in [0.25, 0.3) is 0 Å². The Balaban J connectivity index is 2.28. The van der Waals surface area contributed by atoms with Gasteiger partial charge in [0.2, 0.25) is 5.91 Å². The van der Waals surface area contributed by atoms with Crippen molar-refractivity contribution < 1.29 is 4.79 Å². The monoisotopic (exact) mass is 288 g/mol. The number of thiophene rings is 1. The van der Waals surface area contributed by atoms with Crippen molar-refractivity contribution in [2.75, 3.05) is 7.05 Å².